The van der Waals surface area contributed by atoms with Gasteiger partial charge >= 0.3 is 0 Å². The molecule has 7 heteroatoms. The van der Waals surface area contributed by atoms with Crippen LogP contribution in [0.15, 0.2) is 54.7 Å². The molecule has 1 atom stereocenters. The number of fused-ring (bicyclic) bond motifs is 1. The van der Waals surface area contributed by atoms with E-state index in [-0.39, 0.29) is 11.7 Å². The molecule has 0 saturated carbocycles. The number of nitrogens with one attached hydrogen (secondary N) is 1. The smallest absolute Gasteiger partial charge is 0.274 e. The molecule has 28 heavy (non-hydrogen) atoms. The van der Waals surface area contributed by atoms with Crippen LogP contribution in [0.5, 0.6) is 0 Å². The molecule has 2 heterocycles. The van der Waals surface area contributed by atoms with Gasteiger partial charge in [0.1, 0.15) is 5.69 Å². The minimum Gasteiger partial charge on any atom is -0.337 e. The lowest BCUT2D eigenvalue weighted by Gasteiger charge is -2.24. The number of hydrogen-bond acceptors (Lipinski definition) is 3. The first-order valence-electron chi connectivity index (χ1n) is 8.73. The van der Waals surface area contributed by atoms with Crippen molar-refractivity contribution in [2.75, 3.05) is 10.2 Å². The minimum absolute atomic E-state index is 0.0352. The Bertz CT molecular complexity index is 1050. The van der Waals surface area contributed by atoms with Crippen molar-refractivity contribution in [1.29, 1.82) is 0 Å². The normalized spacial score (nSPS) is 15.4. The first-order valence-corrected chi connectivity index (χ1v) is 8.73. The quantitative estimate of drug-likeness (QED) is 0.659. The van der Waals surface area contributed by atoms with Gasteiger partial charge in [0.2, 0.25) is 0 Å². The zero-order valence-corrected chi connectivity index (χ0v) is 14.9. The van der Waals surface area contributed by atoms with Crippen LogP contribution in [-0.4, -0.2) is 16.9 Å². The summed E-state index contributed by atoms with van der Waals surface area (Å²) in [6.45, 7) is 2.10. The standard InChI is InChI=1S/C21H16F3N3O/c1-12-10-13-4-2-3-5-18(13)27(12)14-6-8-17(25-11-14)21(28)26-16-9-7-15(22)19(23)20(16)24/h2-9,11-12H,10H2,1H3,(H,26,28). The van der Waals surface area contributed by atoms with Gasteiger partial charge in [-0.15, -0.1) is 0 Å². The lowest BCUT2D eigenvalue weighted by atomic mass is 10.1. The molecular weight excluding hydrogens is 367 g/mol. The van der Waals surface area contributed by atoms with Crippen molar-refractivity contribution in [3.05, 3.63) is 83.4 Å². The topological polar surface area (TPSA) is 45.2 Å². The number of halogens is 3. The highest BCUT2D eigenvalue weighted by Crippen LogP contribution is 2.37. The number of amides is 1. The molecule has 1 aliphatic heterocycles. The molecule has 0 spiro atoms. The van der Waals surface area contributed by atoms with Gasteiger partial charge in [0.25, 0.3) is 5.91 Å². The molecule has 0 saturated heterocycles. The van der Waals surface area contributed by atoms with Crippen molar-refractivity contribution < 1.29 is 18.0 Å². The second-order valence-corrected chi connectivity index (χ2v) is 6.63. The lowest BCUT2D eigenvalue weighted by molar-refractivity contribution is 0.102. The molecule has 0 radical (unpaired) electrons. The van der Waals surface area contributed by atoms with Gasteiger partial charge in [0, 0.05) is 11.7 Å². The van der Waals surface area contributed by atoms with E-state index in [2.05, 4.69) is 28.2 Å². The molecule has 1 unspecified atom stereocenters. The molecule has 3 aromatic rings. The van der Waals surface area contributed by atoms with Gasteiger partial charge in [-0.25, -0.2) is 18.2 Å². The van der Waals surface area contributed by atoms with E-state index in [1.165, 1.54) is 11.6 Å². The zero-order chi connectivity index (χ0) is 19.8. The summed E-state index contributed by atoms with van der Waals surface area (Å²) in [6.07, 6.45) is 2.48. The van der Waals surface area contributed by atoms with Crippen LogP contribution in [-0.2, 0) is 6.42 Å². The van der Waals surface area contributed by atoms with Crippen molar-refractivity contribution >= 4 is 23.0 Å². The number of anilines is 3. The third-order valence-corrected chi connectivity index (χ3v) is 4.75. The summed E-state index contributed by atoms with van der Waals surface area (Å²) >= 11 is 0. The van der Waals surface area contributed by atoms with Crippen molar-refractivity contribution in [1.82, 2.24) is 4.98 Å². The Morgan fingerprint density at radius 3 is 2.61 bits per heavy atom. The van der Waals surface area contributed by atoms with E-state index in [0.717, 1.165) is 29.9 Å². The number of pyridine rings is 1. The van der Waals surface area contributed by atoms with Gasteiger partial charge < -0.3 is 10.2 Å². The van der Waals surface area contributed by atoms with Gasteiger partial charge in [-0.1, -0.05) is 18.2 Å². The lowest BCUT2D eigenvalue weighted by Crippen LogP contribution is -2.24. The van der Waals surface area contributed by atoms with Crippen molar-refractivity contribution in [3.63, 3.8) is 0 Å². The van der Waals surface area contributed by atoms with Gasteiger partial charge in [-0.05, 0) is 49.2 Å². The highest BCUT2D eigenvalue weighted by atomic mass is 19.2. The van der Waals surface area contributed by atoms with Crippen molar-refractivity contribution in [3.8, 4) is 0 Å². The van der Waals surface area contributed by atoms with Crippen LogP contribution in [0.4, 0.5) is 30.2 Å². The highest BCUT2D eigenvalue weighted by molar-refractivity contribution is 6.03. The van der Waals surface area contributed by atoms with E-state index < -0.39 is 29.0 Å². The summed E-state index contributed by atoms with van der Waals surface area (Å²) in [6, 6.07) is 13.3. The number of carbonyl (C=O) groups is 1. The average Bonchev–Trinajstić information content (AvgIpc) is 3.04. The third-order valence-electron chi connectivity index (χ3n) is 4.75. The number of nitrogens with zero attached hydrogens (tertiary/aromatic N) is 2. The Morgan fingerprint density at radius 2 is 1.86 bits per heavy atom. The monoisotopic (exact) mass is 383 g/mol. The Labute approximate surface area is 159 Å². The molecule has 142 valence electrons. The fourth-order valence-electron chi connectivity index (χ4n) is 3.43. The predicted octanol–water partition coefficient (Wildman–Crippen LogP) is 4.83. The molecule has 0 bridgehead atoms. The third kappa shape index (κ3) is 3.09. The Hall–Kier alpha value is -3.35. The highest BCUT2D eigenvalue weighted by Gasteiger charge is 2.27. The first kappa shape index (κ1) is 18.0. The SMILES string of the molecule is CC1Cc2ccccc2N1c1ccc(C(=O)Nc2ccc(F)c(F)c2F)nc1. The van der Waals surface area contributed by atoms with Crippen LogP contribution < -0.4 is 10.2 Å². The van der Waals surface area contributed by atoms with E-state index in [9.17, 15) is 18.0 Å². The van der Waals surface area contributed by atoms with Crippen molar-refractivity contribution in [2.45, 2.75) is 19.4 Å². The summed E-state index contributed by atoms with van der Waals surface area (Å²) in [5.41, 5.74) is 2.75. The maximum Gasteiger partial charge on any atom is 0.274 e. The van der Waals surface area contributed by atoms with Gasteiger partial charge in [0.15, 0.2) is 17.5 Å². The van der Waals surface area contributed by atoms with E-state index in [4.69, 9.17) is 0 Å². The molecule has 1 aromatic heterocycles. The van der Waals surface area contributed by atoms with Crippen molar-refractivity contribution in [2.24, 2.45) is 0 Å². The second-order valence-electron chi connectivity index (χ2n) is 6.63. The average molecular weight is 383 g/mol. The molecule has 0 aliphatic carbocycles. The van der Waals surface area contributed by atoms with Crippen LogP contribution in [0.2, 0.25) is 0 Å². The molecule has 4 rings (SSSR count). The summed E-state index contributed by atoms with van der Waals surface area (Å²) in [5.74, 6) is -5.13. The molecule has 1 N–H and O–H groups in total. The van der Waals surface area contributed by atoms with Crippen LogP contribution in [0.1, 0.15) is 23.0 Å². The predicted molar refractivity (Wildman–Crippen MR) is 100 cm³/mol. The number of benzene rings is 2. The molecule has 0 fully saturated rings. The maximum atomic E-state index is 13.7. The summed E-state index contributed by atoms with van der Waals surface area (Å²) in [5, 5.41) is 2.21. The number of para-hydroxylation sites is 1. The van der Waals surface area contributed by atoms with Crippen LogP contribution in [0, 0.1) is 17.5 Å². The van der Waals surface area contributed by atoms with E-state index in [0.29, 0.717) is 0 Å². The van der Waals surface area contributed by atoms with Crippen LogP contribution in [0.25, 0.3) is 0 Å². The summed E-state index contributed by atoms with van der Waals surface area (Å²) < 4.78 is 40.0. The number of hydrogen-bond donors (Lipinski definition) is 1. The Kier molecular flexibility index (Phi) is 4.50. The van der Waals surface area contributed by atoms with Crippen LogP contribution in [0.3, 0.4) is 0 Å². The molecule has 4 nitrogen and oxygen atoms in total. The second kappa shape index (κ2) is 6.99. The van der Waals surface area contributed by atoms with Gasteiger partial charge in [-0.3, -0.25) is 4.79 Å². The molecule has 1 amide bonds. The largest absolute Gasteiger partial charge is 0.337 e. The molecular formula is C21H16F3N3O. The van der Waals surface area contributed by atoms with E-state index >= 15 is 0 Å². The number of carbonyl (C=O) groups excluding carboxylic acids is 1. The molecule has 2 aromatic carbocycles. The zero-order valence-electron chi connectivity index (χ0n) is 14.9. The Morgan fingerprint density at radius 1 is 1.07 bits per heavy atom. The van der Waals surface area contributed by atoms with E-state index in [1.54, 1.807) is 12.3 Å². The fraction of sp³-hybridized carbons (Fsp3) is 0.143. The van der Waals surface area contributed by atoms with Gasteiger partial charge in [0.05, 0.1) is 17.6 Å². The van der Waals surface area contributed by atoms with Crippen LogP contribution >= 0.6 is 0 Å². The molecule has 1 aliphatic rings. The maximum absolute atomic E-state index is 13.7. The number of aromatic nitrogens is 1. The summed E-state index contributed by atoms with van der Waals surface area (Å²) in [7, 11) is 0. The minimum atomic E-state index is -1.64. The Balaban J connectivity index is 1.56. The van der Waals surface area contributed by atoms with E-state index in [1.807, 2.05) is 18.2 Å². The first-order chi connectivity index (χ1) is 13.5. The summed E-state index contributed by atoms with van der Waals surface area (Å²) in [4.78, 5) is 18.6. The fourth-order valence-corrected chi connectivity index (χ4v) is 3.43. The number of rotatable bonds is 3. The van der Waals surface area contributed by atoms with Gasteiger partial charge in [-0.2, -0.15) is 0 Å².